The molecule has 1 heterocycles. The molecule has 3 rings (SSSR count). The van der Waals surface area contributed by atoms with Gasteiger partial charge in [0.2, 0.25) is 0 Å². The third-order valence-corrected chi connectivity index (χ3v) is 4.61. The Kier molecular flexibility index (Phi) is 5.39. The Morgan fingerprint density at radius 3 is 2.71 bits per heavy atom. The number of nitrogens with one attached hydrogen (secondary N) is 1. The van der Waals surface area contributed by atoms with Crippen LogP contribution in [0, 0.1) is 0 Å². The first-order valence-electron chi connectivity index (χ1n) is 7.36. The lowest BCUT2D eigenvalue weighted by molar-refractivity contribution is 0.0951. The van der Waals surface area contributed by atoms with Crippen molar-refractivity contribution in [2.75, 3.05) is 13.2 Å². The molecule has 1 aliphatic rings. The van der Waals surface area contributed by atoms with Gasteiger partial charge < -0.3 is 14.8 Å². The van der Waals surface area contributed by atoms with Gasteiger partial charge in [-0.1, -0.05) is 40.9 Å². The lowest BCUT2D eigenvalue weighted by Crippen LogP contribution is -2.23. The zero-order valence-corrected chi connectivity index (χ0v) is 14.8. The molecule has 0 saturated heterocycles. The average molecular weight is 387 g/mol. The van der Waals surface area contributed by atoms with Crippen LogP contribution < -0.4 is 14.8 Å². The highest BCUT2D eigenvalue weighted by molar-refractivity contribution is 6.43. The summed E-state index contributed by atoms with van der Waals surface area (Å²) in [4.78, 5) is 12.3. The fourth-order valence-electron chi connectivity index (χ4n) is 2.34. The first-order chi connectivity index (χ1) is 11.6. The summed E-state index contributed by atoms with van der Waals surface area (Å²) in [6.07, 6.45) is 0.796. The fraction of sp³-hybridized carbons (Fsp3) is 0.235. The van der Waals surface area contributed by atoms with E-state index in [1.165, 1.54) is 0 Å². The Morgan fingerprint density at radius 1 is 1.08 bits per heavy atom. The Balaban J connectivity index is 1.75. The van der Waals surface area contributed by atoms with Crippen LogP contribution in [0.1, 0.15) is 22.3 Å². The van der Waals surface area contributed by atoms with Crippen LogP contribution in [-0.2, 0) is 6.54 Å². The summed E-state index contributed by atoms with van der Waals surface area (Å²) >= 11 is 18.2. The number of amides is 1. The molecule has 2 aromatic rings. The Morgan fingerprint density at radius 2 is 1.88 bits per heavy atom. The minimum absolute atomic E-state index is 0.230. The molecule has 4 nitrogen and oxygen atoms in total. The molecule has 2 aromatic carbocycles. The number of ether oxygens (including phenoxy) is 2. The van der Waals surface area contributed by atoms with Gasteiger partial charge in [-0.05, 0) is 29.8 Å². The molecular weight excluding hydrogens is 373 g/mol. The van der Waals surface area contributed by atoms with Gasteiger partial charge in [0.15, 0.2) is 11.5 Å². The number of carbonyl (C=O) groups is 1. The maximum atomic E-state index is 12.3. The van der Waals surface area contributed by atoms with Gasteiger partial charge in [0.25, 0.3) is 5.91 Å². The van der Waals surface area contributed by atoms with Crippen molar-refractivity contribution < 1.29 is 14.3 Å². The van der Waals surface area contributed by atoms with Gasteiger partial charge in [-0.2, -0.15) is 0 Å². The van der Waals surface area contributed by atoms with Gasteiger partial charge in [-0.3, -0.25) is 4.79 Å². The van der Waals surface area contributed by atoms with E-state index in [0.717, 1.165) is 12.0 Å². The standard InChI is InChI=1S/C17H14Cl3NO3/c18-12-4-1-3-11(15(12)20)17(22)21-9-10-7-13(19)16-14(8-10)23-5-2-6-24-16/h1,3-4,7-8H,2,5-6,9H2,(H,21,22). The molecule has 0 aliphatic carbocycles. The molecule has 126 valence electrons. The fourth-order valence-corrected chi connectivity index (χ4v) is 3.02. The third-order valence-electron chi connectivity index (χ3n) is 3.51. The molecule has 0 radical (unpaired) electrons. The molecule has 7 heteroatoms. The van der Waals surface area contributed by atoms with E-state index in [1.54, 1.807) is 24.3 Å². The highest BCUT2D eigenvalue weighted by Crippen LogP contribution is 2.38. The highest BCUT2D eigenvalue weighted by atomic mass is 35.5. The van der Waals surface area contributed by atoms with Gasteiger partial charge in [0, 0.05) is 13.0 Å². The molecule has 0 spiro atoms. The predicted molar refractivity (Wildman–Crippen MR) is 94.7 cm³/mol. The first-order valence-corrected chi connectivity index (χ1v) is 8.50. The van der Waals surface area contributed by atoms with E-state index in [2.05, 4.69) is 5.32 Å². The molecule has 0 fully saturated rings. The second-order valence-corrected chi connectivity index (χ2v) is 6.43. The largest absolute Gasteiger partial charge is 0.489 e. The molecule has 0 aromatic heterocycles. The number of fused-ring (bicyclic) bond motifs is 1. The Bertz CT molecular complexity index is 780. The van der Waals surface area contributed by atoms with Gasteiger partial charge in [-0.25, -0.2) is 0 Å². The third kappa shape index (κ3) is 3.72. The van der Waals surface area contributed by atoms with Gasteiger partial charge in [0.1, 0.15) is 0 Å². The summed E-state index contributed by atoms with van der Waals surface area (Å²) in [5.74, 6) is 0.817. The van der Waals surface area contributed by atoms with Crippen LogP contribution in [0.4, 0.5) is 0 Å². The van der Waals surface area contributed by atoms with Crippen LogP contribution >= 0.6 is 34.8 Å². The number of hydrogen-bond donors (Lipinski definition) is 1. The molecule has 1 aliphatic heterocycles. The predicted octanol–water partition coefficient (Wildman–Crippen LogP) is 4.74. The summed E-state index contributed by atoms with van der Waals surface area (Å²) in [5.41, 5.74) is 1.13. The minimum atomic E-state index is -0.314. The summed E-state index contributed by atoms with van der Waals surface area (Å²) in [6, 6.07) is 8.48. The zero-order valence-electron chi connectivity index (χ0n) is 12.6. The maximum absolute atomic E-state index is 12.3. The lowest BCUT2D eigenvalue weighted by Gasteiger charge is -2.12. The van der Waals surface area contributed by atoms with Crippen molar-refractivity contribution in [1.29, 1.82) is 0 Å². The quantitative estimate of drug-likeness (QED) is 0.829. The van der Waals surface area contributed by atoms with Crippen molar-refractivity contribution in [3.8, 4) is 11.5 Å². The van der Waals surface area contributed by atoms with Crippen molar-refractivity contribution in [2.24, 2.45) is 0 Å². The van der Waals surface area contributed by atoms with Crippen molar-refractivity contribution in [1.82, 2.24) is 5.32 Å². The number of benzene rings is 2. The van der Waals surface area contributed by atoms with E-state index >= 15 is 0 Å². The average Bonchev–Trinajstić information content (AvgIpc) is 2.81. The lowest BCUT2D eigenvalue weighted by atomic mass is 10.1. The van der Waals surface area contributed by atoms with Gasteiger partial charge in [-0.15, -0.1) is 0 Å². The van der Waals surface area contributed by atoms with E-state index in [4.69, 9.17) is 44.3 Å². The number of rotatable bonds is 3. The van der Waals surface area contributed by atoms with Crippen LogP contribution in [0.25, 0.3) is 0 Å². The van der Waals surface area contributed by atoms with Crippen molar-refractivity contribution >= 4 is 40.7 Å². The molecule has 1 N–H and O–H groups in total. The second-order valence-electron chi connectivity index (χ2n) is 5.24. The maximum Gasteiger partial charge on any atom is 0.253 e. The number of halogens is 3. The molecule has 24 heavy (non-hydrogen) atoms. The highest BCUT2D eigenvalue weighted by Gasteiger charge is 2.17. The van der Waals surface area contributed by atoms with Crippen LogP contribution in [0.5, 0.6) is 11.5 Å². The summed E-state index contributed by atoms with van der Waals surface area (Å²) in [7, 11) is 0. The molecular formula is C17H14Cl3NO3. The van der Waals surface area contributed by atoms with E-state index < -0.39 is 0 Å². The molecule has 1 amide bonds. The second kappa shape index (κ2) is 7.51. The van der Waals surface area contributed by atoms with Gasteiger partial charge in [0.05, 0.1) is 33.8 Å². The topological polar surface area (TPSA) is 47.6 Å². The number of hydrogen-bond acceptors (Lipinski definition) is 3. The minimum Gasteiger partial charge on any atom is -0.489 e. The first kappa shape index (κ1) is 17.2. The van der Waals surface area contributed by atoms with E-state index in [0.29, 0.717) is 40.3 Å². The van der Waals surface area contributed by atoms with Crippen molar-refractivity contribution in [3.63, 3.8) is 0 Å². The molecule has 0 atom stereocenters. The van der Waals surface area contributed by atoms with E-state index in [-0.39, 0.29) is 17.5 Å². The van der Waals surface area contributed by atoms with Crippen LogP contribution in [0.15, 0.2) is 30.3 Å². The van der Waals surface area contributed by atoms with Crippen LogP contribution in [0.3, 0.4) is 0 Å². The molecule has 0 bridgehead atoms. The Hall–Kier alpha value is -1.62. The smallest absolute Gasteiger partial charge is 0.253 e. The number of carbonyl (C=O) groups excluding carboxylic acids is 1. The van der Waals surface area contributed by atoms with Crippen molar-refractivity contribution in [2.45, 2.75) is 13.0 Å². The Labute approximate surface area is 154 Å². The monoisotopic (exact) mass is 385 g/mol. The summed E-state index contributed by atoms with van der Waals surface area (Å²) in [5, 5.41) is 3.82. The normalized spacial score (nSPS) is 13.3. The van der Waals surface area contributed by atoms with Gasteiger partial charge >= 0.3 is 0 Å². The molecule has 0 saturated carbocycles. The van der Waals surface area contributed by atoms with Crippen LogP contribution in [-0.4, -0.2) is 19.1 Å². The summed E-state index contributed by atoms with van der Waals surface area (Å²) in [6.45, 7) is 1.41. The SMILES string of the molecule is O=C(NCc1cc(Cl)c2c(c1)OCCCO2)c1cccc(Cl)c1Cl. The van der Waals surface area contributed by atoms with Crippen molar-refractivity contribution in [3.05, 3.63) is 56.5 Å². The van der Waals surface area contributed by atoms with E-state index in [9.17, 15) is 4.79 Å². The molecule has 0 unspecified atom stereocenters. The zero-order chi connectivity index (χ0) is 17.1. The van der Waals surface area contributed by atoms with E-state index in [1.807, 2.05) is 6.07 Å². The summed E-state index contributed by atoms with van der Waals surface area (Å²) < 4.78 is 11.2. The van der Waals surface area contributed by atoms with Crippen LogP contribution in [0.2, 0.25) is 15.1 Å².